The van der Waals surface area contributed by atoms with Crippen molar-refractivity contribution in [3.63, 3.8) is 0 Å². The lowest BCUT2D eigenvalue weighted by Crippen LogP contribution is -2.36. The van der Waals surface area contributed by atoms with E-state index < -0.39 is 5.97 Å². The monoisotopic (exact) mass is 274 g/mol. The van der Waals surface area contributed by atoms with Crippen LogP contribution in [0.1, 0.15) is 23.7 Å². The topological polar surface area (TPSA) is 69.6 Å². The van der Waals surface area contributed by atoms with Gasteiger partial charge in [-0.25, -0.2) is 0 Å². The second kappa shape index (κ2) is 6.23. The molecule has 0 aliphatic carbocycles. The number of carboxylic acids is 1. The van der Waals surface area contributed by atoms with Gasteiger partial charge in [0.25, 0.3) is 5.91 Å². The minimum absolute atomic E-state index is 0.0738. The molecule has 1 heterocycles. The van der Waals surface area contributed by atoms with Gasteiger partial charge in [-0.1, -0.05) is 31.2 Å². The van der Waals surface area contributed by atoms with Crippen molar-refractivity contribution in [1.29, 1.82) is 0 Å². The first-order valence-electron chi connectivity index (χ1n) is 6.65. The smallest absolute Gasteiger partial charge is 0.322 e. The van der Waals surface area contributed by atoms with E-state index in [9.17, 15) is 9.59 Å². The SMILES string of the molecule is CCC1C=CCN1C(=O)c1ccccc1NCC(=O)O. The fourth-order valence-corrected chi connectivity index (χ4v) is 2.31. The lowest BCUT2D eigenvalue weighted by molar-refractivity contribution is -0.134. The number of carboxylic acid groups (broad SMARTS) is 1. The Balaban J connectivity index is 2.19. The van der Waals surface area contributed by atoms with Gasteiger partial charge in [-0.3, -0.25) is 9.59 Å². The molecule has 1 atom stereocenters. The first-order valence-corrected chi connectivity index (χ1v) is 6.65. The maximum absolute atomic E-state index is 12.6. The van der Waals surface area contributed by atoms with E-state index in [1.807, 2.05) is 19.1 Å². The first kappa shape index (κ1) is 14.1. The zero-order chi connectivity index (χ0) is 14.5. The number of hydrogen-bond donors (Lipinski definition) is 2. The lowest BCUT2D eigenvalue weighted by Gasteiger charge is -2.24. The van der Waals surface area contributed by atoms with Gasteiger partial charge in [-0.2, -0.15) is 0 Å². The van der Waals surface area contributed by atoms with Crippen LogP contribution < -0.4 is 5.32 Å². The van der Waals surface area contributed by atoms with Crippen LogP contribution in [0.25, 0.3) is 0 Å². The summed E-state index contributed by atoms with van der Waals surface area (Å²) in [6, 6.07) is 7.12. The summed E-state index contributed by atoms with van der Waals surface area (Å²) >= 11 is 0. The third-order valence-electron chi connectivity index (χ3n) is 3.33. The van der Waals surface area contributed by atoms with Gasteiger partial charge in [0.05, 0.1) is 11.6 Å². The van der Waals surface area contributed by atoms with E-state index in [4.69, 9.17) is 5.11 Å². The molecule has 1 aromatic carbocycles. The van der Waals surface area contributed by atoms with Gasteiger partial charge in [0.1, 0.15) is 6.54 Å². The van der Waals surface area contributed by atoms with Gasteiger partial charge in [0.2, 0.25) is 0 Å². The average molecular weight is 274 g/mol. The molecule has 5 nitrogen and oxygen atoms in total. The molecule has 0 aromatic heterocycles. The molecule has 0 saturated carbocycles. The number of anilines is 1. The van der Waals surface area contributed by atoms with Crippen molar-refractivity contribution in [2.24, 2.45) is 0 Å². The summed E-state index contributed by atoms with van der Waals surface area (Å²) < 4.78 is 0. The van der Waals surface area contributed by atoms with E-state index in [1.165, 1.54) is 0 Å². The van der Waals surface area contributed by atoms with Crippen molar-refractivity contribution in [2.75, 3.05) is 18.4 Å². The van der Waals surface area contributed by atoms with Crippen LogP contribution in [0.5, 0.6) is 0 Å². The van der Waals surface area contributed by atoms with E-state index in [2.05, 4.69) is 5.32 Å². The molecule has 1 amide bonds. The fraction of sp³-hybridized carbons (Fsp3) is 0.333. The van der Waals surface area contributed by atoms with E-state index in [1.54, 1.807) is 29.2 Å². The van der Waals surface area contributed by atoms with Crippen molar-refractivity contribution in [2.45, 2.75) is 19.4 Å². The highest BCUT2D eigenvalue weighted by Gasteiger charge is 2.25. The maximum Gasteiger partial charge on any atom is 0.322 e. The Morgan fingerprint density at radius 3 is 2.85 bits per heavy atom. The molecule has 20 heavy (non-hydrogen) atoms. The highest BCUT2D eigenvalue weighted by atomic mass is 16.4. The van der Waals surface area contributed by atoms with Gasteiger partial charge < -0.3 is 15.3 Å². The third kappa shape index (κ3) is 2.99. The van der Waals surface area contributed by atoms with Crippen LogP contribution >= 0.6 is 0 Å². The van der Waals surface area contributed by atoms with Crippen LogP contribution in [-0.4, -0.2) is 41.0 Å². The minimum Gasteiger partial charge on any atom is -0.480 e. The molecule has 0 bridgehead atoms. The third-order valence-corrected chi connectivity index (χ3v) is 3.33. The number of amides is 1. The molecular formula is C15H18N2O3. The van der Waals surface area contributed by atoms with Gasteiger partial charge >= 0.3 is 5.97 Å². The van der Waals surface area contributed by atoms with E-state index in [0.717, 1.165) is 6.42 Å². The lowest BCUT2D eigenvalue weighted by atomic mass is 10.1. The zero-order valence-corrected chi connectivity index (χ0v) is 11.4. The highest BCUT2D eigenvalue weighted by Crippen LogP contribution is 2.21. The Kier molecular flexibility index (Phi) is 4.40. The number of nitrogens with one attached hydrogen (secondary N) is 1. The van der Waals surface area contributed by atoms with Crippen molar-refractivity contribution < 1.29 is 14.7 Å². The Morgan fingerprint density at radius 1 is 1.40 bits per heavy atom. The molecule has 1 aromatic rings. The van der Waals surface area contributed by atoms with Crippen molar-refractivity contribution in [3.05, 3.63) is 42.0 Å². The Bertz CT molecular complexity index is 540. The number of carbonyl (C=O) groups is 2. The van der Waals surface area contributed by atoms with Crippen LogP contribution in [0, 0.1) is 0 Å². The van der Waals surface area contributed by atoms with Gasteiger partial charge in [-0.15, -0.1) is 0 Å². The molecule has 0 fully saturated rings. The van der Waals surface area contributed by atoms with Crippen molar-refractivity contribution in [1.82, 2.24) is 4.90 Å². The van der Waals surface area contributed by atoms with Crippen LogP contribution in [-0.2, 0) is 4.79 Å². The summed E-state index contributed by atoms with van der Waals surface area (Å²) in [7, 11) is 0. The molecule has 1 unspecified atom stereocenters. The molecule has 1 aliphatic heterocycles. The van der Waals surface area contributed by atoms with Gasteiger partial charge in [0, 0.05) is 12.2 Å². The number of aliphatic carboxylic acids is 1. The minimum atomic E-state index is -0.957. The highest BCUT2D eigenvalue weighted by molar-refractivity contribution is 6.00. The average Bonchev–Trinajstić information content (AvgIpc) is 2.93. The number of para-hydroxylation sites is 1. The molecule has 2 rings (SSSR count). The van der Waals surface area contributed by atoms with Crippen molar-refractivity contribution >= 4 is 17.6 Å². The predicted molar refractivity (Wildman–Crippen MR) is 76.8 cm³/mol. The Morgan fingerprint density at radius 2 is 2.15 bits per heavy atom. The van der Waals surface area contributed by atoms with Crippen LogP contribution in [0.3, 0.4) is 0 Å². The molecule has 106 valence electrons. The maximum atomic E-state index is 12.6. The number of rotatable bonds is 5. The number of hydrogen-bond acceptors (Lipinski definition) is 3. The second-order valence-electron chi connectivity index (χ2n) is 4.65. The molecule has 0 saturated heterocycles. The Hall–Kier alpha value is -2.30. The predicted octanol–water partition coefficient (Wildman–Crippen LogP) is 1.97. The first-order chi connectivity index (χ1) is 9.63. The zero-order valence-electron chi connectivity index (χ0n) is 11.4. The van der Waals surface area contributed by atoms with Gasteiger partial charge in [0.15, 0.2) is 0 Å². The quantitative estimate of drug-likeness (QED) is 0.805. The van der Waals surface area contributed by atoms with E-state index in [0.29, 0.717) is 17.8 Å². The molecule has 1 aliphatic rings. The summed E-state index contributed by atoms with van der Waals surface area (Å²) in [5.41, 5.74) is 1.07. The molecular weight excluding hydrogens is 256 g/mol. The normalized spacial score (nSPS) is 17.2. The number of nitrogens with zero attached hydrogens (tertiary/aromatic N) is 1. The molecule has 5 heteroatoms. The van der Waals surface area contributed by atoms with E-state index in [-0.39, 0.29) is 18.5 Å². The standard InChI is InChI=1S/C15H18N2O3/c1-2-11-6-5-9-17(11)15(20)12-7-3-4-8-13(12)16-10-14(18)19/h3-8,11,16H,2,9-10H2,1H3,(H,18,19). The summed E-state index contributed by atoms with van der Waals surface area (Å²) in [6.07, 6.45) is 4.89. The number of benzene rings is 1. The second-order valence-corrected chi connectivity index (χ2v) is 4.65. The Labute approximate surface area is 117 Å². The van der Waals surface area contributed by atoms with Crippen molar-refractivity contribution in [3.8, 4) is 0 Å². The summed E-state index contributed by atoms with van der Waals surface area (Å²) in [5, 5.41) is 11.5. The molecule has 0 radical (unpaired) electrons. The summed E-state index contributed by atoms with van der Waals surface area (Å²) in [5.74, 6) is -1.03. The van der Waals surface area contributed by atoms with E-state index >= 15 is 0 Å². The molecule has 0 spiro atoms. The van der Waals surface area contributed by atoms with Crippen LogP contribution in [0.15, 0.2) is 36.4 Å². The fourth-order valence-electron chi connectivity index (χ4n) is 2.31. The largest absolute Gasteiger partial charge is 0.480 e. The summed E-state index contributed by atoms with van der Waals surface area (Å²) in [4.78, 5) is 25.0. The van der Waals surface area contributed by atoms with Gasteiger partial charge in [-0.05, 0) is 18.6 Å². The van der Waals surface area contributed by atoms with Crippen LogP contribution in [0.2, 0.25) is 0 Å². The molecule has 2 N–H and O–H groups in total. The summed E-state index contributed by atoms with van der Waals surface area (Å²) in [6.45, 7) is 2.43. The van der Waals surface area contributed by atoms with Crippen LogP contribution in [0.4, 0.5) is 5.69 Å². The number of carbonyl (C=O) groups excluding carboxylic acids is 1.